The van der Waals surface area contributed by atoms with Gasteiger partial charge in [0, 0.05) is 24.9 Å². The molecule has 0 aromatic carbocycles. The van der Waals surface area contributed by atoms with Crippen molar-refractivity contribution in [2.75, 3.05) is 45.6 Å². The Bertz CT molecular complexity index is 1050. The van der Waals surface area contributed by atoms with Crippen LogP contribution >= 0.6 is 0 Å². The molecule has 0 saturated heterocycles. The number of carbonyl (C=O) groups excluding carboxylic acids is 3. The number of likely N-dealkylation sites (N-methyl/N-ethyl adjacent to an activating group) is 1. The lowest BCUT2D eigenvalue weighted by Gasteiger charge is -2.13. The Morgan fingerprint density at radius 2 is 1.94 bits per heavy atom. The smallest absolute Gasteiger partial charge is 0.270 e. The molecule has 9 heteroatoms. The van der Waals surface area contributed by atoms with Gasteiger partial charge in [-0.05, 0) is 87.8 Å². The number of nitrogens with zero attached hydrogens (tertiary/aromatic N) is 3. The van der Waals surface area contributed by atoms with E-state index in [4.69, 9.17) is 0 Å². The average molecular weight is 493 g/mol. The van der Waals surface area contributed by atoms with Crippen LogP contribution in [0.1, 0.15) is 46.4 Å². The molecule has 2 aromatic heterocycles. The second-order valence-electron chi connectivity index (χ2n) is 9.11. The average Bonchev–Trinajstić information content (AvgIpc) is 3.32. The summed E-state index contributed by atoms with van der Waals surface area (Å²) in [4.78, 5) is 46.1. The topological polar surface area (TPSA) is 116 Å². The number of hydrogen-bond acceptors (Lipinski definition) is 7. The van der Waals surface area contributed by atoms with E-state index >= 15 is 0 Å². The number of unbranched alkanes of at least 4 members (excludes halogenated alkanes) is 2. The minimum Gasteiger partial charge on any atom is -0.344 e. The Hall–Kier alpha value is -3.43. The number of hydrogen-bond donors (Lipinski definition) is 3. The Morgan fingerprint density at radius 1 is 1.11 bits per heavy atom. The summed E-state index contributed by atoms with van der Waals surface area (Å²) in [6, 6.07) is 5.44. The number of anilines is 1. The lowest BCUT2D eigenvalue weighted by atomic mass is 10.1. The van der Waals surface area contributed by atoms with Gasteiger partial charge in [-0.3, -0.25) is 14.6 Å². The summed E-state index contributed by atoms with van der Waals surface area (Å²) in [5, 5.41) is 8.55. The van der Waals surface area contributed by atoms with E-state index in [1.807, 2.05) is 25.3 Å². The molecule has 1 unspecified atom stereocenters. The Balaban J connectivity index is 1.44. The highest BCUT2D eigenvalue weighted by Gasteiger charge is 2.28. The van der Waals surface area contributed by atoms with Crippen LogP contribution in [0.25, 0.3) is 6.08 Å². The molecule has 0 spiro atoms. The number of amides is 2. The van der Waals surface area contributed by atoms with Crippen LogP contribution in [0.3, 0.4) is 0 Å². The van der Waals surface area contributed by atoms with Gasteiger partial charge in [0.1, 0.15) is 17.8 Å². The third kappa shape index (κ3) is 8.35. The number of aromatic nitrogens is 2. The fourth-order valence-corrected chi connectivity index (χ4v) is 4.16. The van der Waals surface area contributed by atoms with Gasteiger partial charge in [-0.15, -0.1) is 0 Å². The zero-order valence-electron chi connectivity index (χ0n) is 21.1. The fraction of sp³-hybridized carbons (Fsp3) is 0.444. The molecule has 1 atom stereocenters. The van der Waals surface area contributed by atoms with E-state index < -0.39 is 5.91 Å². The molecule has 3 rings (SSSR count). The Kier molecular flexibility index (Phi) is 10.7. The van der Waals surface area contributed by atoms with E-state index in [0.29, 0.717) is 24.9 Å². The summed E-state index contributed by atoms with van der Waals surface area (Å²) in [5.41, 5.74) is 3.11. The van der Waals surface area contributed by atoms with Gasteiger partial charge in [0.2, 0.25) is 5.91 Å². The summed E-state index contributed by atoms with van der Waals surface area (Å²) in [6.45, 7) is 2.97. The van der Waals surface area contributed by atoms with Crippen LogP contribution < -0.4 is 16.0 Å². The quantitative estimate of drug-likeness (QED) is 0.273. The van der Waals surface area contributed by atoms with E-state index in [2.05, 4.69) is 43.9 Å². The predicted octanol–water partition coefficient (Wildman–Crippen LogP) is 2.09. The Labute approximate surface area is 212 Å². The standard InChI is InChI=1S/C27H36N6O3/c1-28-10-4-3-5-12-33(2)13-6-7-20-8-9-25(31-18-20)32-26(35)22-15-21-17-24(27(36)29-11-14-34)30-19-23(21)16-22/h6-9,14,17-19,22,28H,3-5,10-13,15-16H2,1-2H3,(H,29,36)(H,31,32,35)/b7-6+. The van der Waals surface area contributed by atoms with Crippen molar-refractivity contribution < 1.29 is 14.4 Å². The van der Waals surface area contributed by atoms with Gasteiger partial charge < -0.3 is 25.6 Å². The highest BCUT2D eigenvalue weighted by molar-refractivity contribution is 5.94. The van der Waals surface area contributed by atoms with Crippen LogP contribution in [0.15, 0.2) is 36.7 Å². The third-order valence-corrected chi connectivity index (χ3v) is 6.20. The van der Waals surface area contributed by atoms with Crippen molar-refractivity contribution in [3.63, 3.8) is 0 Å². The van der Waals surface area contributed by atoms with E-state index in [-0.39, 0.29) is 24.1 Å². The molecule has 0 fully saturated rings. The zero-order valence-corrected chi connectivity index (χ0v) is 21.1. The number of rotatable bonds is 14. The first kappa shape index (κ1) is 27.2. The van der Waals surface area contributed by atoms with Crippen LogP contribution in [0.5, 0.6) is 0 Å². The largest absolute Gasteiger partial charge is 0.344 e. The predicted molar refractivity (Wildman–Crippen MR) is 141 cm³/mol. The van der Waals surface area contributed by atoms with Crippen molar-refractivity contribution in [1.29, 1.82) is 0 Å². The highest BCUT2D eigenvalue weighted by Crippen LogP contribution is 2.27. The van der Waals surface area contributed by atoms with E-state index in [0.717, 1.165) is 36.3 Å². The van der Waals surface area contributed by atoms with E-state index in [9.17, 15) is 14.4 Å². The molecule has 2 aromatic rings. The molecule has 9 nitrogen and oxygen atoms in total. The molecule has 1 aliphatic rings. The SMILES string of the molecule is CNCCCCCN(C)C/C=C/c1ccc(NC(=O)C2Cc3cnc(C(=O)NCC=O)cc3C2)nc1. The maximum atomic E-state index is 12.8. The lowest BCUT2D eigenvalue weighted by molar-refractivity contribution is -0.119. The van der Waals surface area contributed by atoms with Gasteiger partial charge in [0.15, 0.2) is 0 Å². The minimum absolute atomic E-state index is 0.0568. The molecule has 2 amide bonds. The summed E-state index contributed by atoms with van der Waals surface area (Å²) in [7, 11) is 4.11. The highest BCUT2D eigenvalue weighted by atomic mass is 16.2. The summed E-state index contributed by atoms with van der Waals surface area (Å²) in [6.07, 6.45) is 12.9. The number of fused-ring (bicyclic) bond motifs is 1. The van der Waals surface area contributed by atoms with Gasteiger partial charge in [-0.1, -0.05) is 18.6 Å². The van der Waals surface area contributed by atoms with Crippen LogP contribution in [0.2, 0.25) is 0 Å². The van der Waals surface area contributed by atoms with Crippen molar-refractivity contribution in [1.82, 2.24) is 25.5 Å². The fourth-order valence-electron chi connectivity index (χ4n) is 4.16. The van der Waals surface area contributed by atoms with Crippen LogP contribution in [0.4, 0.5) is 5.82 Å². The normalized spacial score (nSPS) is 14.7. The van der Waals surface area contributed by atoms with Gasteiger partial charge in [-0.2, -0.15) is 0 Å². The van der Waals surface area contributed by atoms with Crippen LogP contribution in [-0.4, -0.2) is 73.2 Å². The second kappa shape index (κ2) is 14.2. The molecule has 192 valence electrons. The van der Waals surface area contributed by atoms with E-state index in [1.54, 1.807) is 18.5 Å². The molecule has 1 aliphatic carbocycles. The first-order chi connectivity index (χ1) is 17.5. The third-order valence-electron chi connectivity index (χ3n) is 6.20. The van der Waals surface area contributed by atoms with Gasteiger partial charge in [0.05, 0.1) is 6.54 Å². The molecular formula is C27H36N6O3. The van der Waals surface area contributed by atoms with Gasteiger partial charge in [0.25, 0.3) is 5.91 Å². The molecule has 2 heterocycles. The molecule has 0 radical (unpaired) electrons. The van der Waals surface area contributed by atoms with Crippen molar-refractivity contribution in [2.24, 2.45) is 5.92 Å². The number of carbonyl (C=O) groups is 3. The van der Waals surface area contributed by atoms with Gasteiger partial charge >= 0.3 is 0 Å². The van der Waals surface area contributed by atoms with Crippen LogP contribution in [0, 0.1) is 5.92 Å². The molecule has 0 saturated carbocycles. The van der Waals surface area contributed by atoms with Crippen molar-refractivity contribution in [2.45, 2.75) is 32.1 Å². The second-order valence-corrected chi connectivity index (χ2v) is 9.11. The number of nitrogens with one attached hydrogen (secondary N) is 3. The van der Waals surface area contributed by atoms with Crippen LogP contribution in [-0.2, 0) is 22.4 Å². The number of pyridine rings is 2. The van der Waals surface area contributed by atoms with Gasteiger partial charge in [-0.25, -0.2) is 4.98 Å². The number of aldehydes is 1. The Morgan fingerprint density at radius 3 is 2.69 bits per heavy atom. The molecule has 0 aliphatic heterocycles. The molecule has 3 N–H and O–H groups in total. The first-order valence-corrected chi connectivity index (χ1v) is 12.5. The van der Waals surface area contributed by atoms with Crippen molar-refractivity contribution in [3.8, 4) is 0 Å². The van der Waals surface area contributed by atoms with Crippen molar-refractivity contribution >= 4 is 30.0 Å². The molecular weight excluding hydrogens is 456 g/mol. The lowest BCUT2D eigenvalue weighted by Crippen LogP contribution is -2.26. The summed E-state index contributed by atoms with van der Waals surface area (Å²) >= 11 is 0. The van der Waals surface area contributed by atoms with Crippen molar-refractivity contribution in [3.05, 3.63) is 59.1 Å². The summed E-state index contributed by atoms with van der Waals surface area (Å²) in [5.74, 6) is -0.239. The molecule has 0 bridgehead atoms. The molecule has 36 heavy (non-hydrogen) atoms. The minimum atomic E-state index is -0.400. The monoisotopic (exact) mass is 492 g/mol. The van der Waals surface area contributed by atoms with E-state index in [1.165, 1.54) is 19.3 Å². The zero-order chi connectivity index (χ0) is 25.8. The first-order valence-electron chi connectivity index (χ1n) is 12.5. The summed E-state index contributed by atoms with van der Waals surface area (Å²) < 4.78 is 0. The maximum Gasteiger partial charge on any atom is 0.270 e. The maximum absolute atomic E-state index is 12.8.